The van der Waals surface area contributed by atoms with E-state index in [1.807, 2.05) is 12.1 Å². The van der Waals surface area contributed by atoms with Crippen LogP contribution in [0.25, 0.3) is 0 Å². The summed E-state index contributed by atoms with van der Waals surface area (Å²) in [7, 11) is 6.36. The molecular weight excluding hydrogens is 296 g/mol. The number of likely N-dealkylation sites (N-methyl/N-ethyl adjacent to an activating group) is 1. The first-order valence-electron chi connectivity index (χ1n) is 8.29. The highest BCUT2D eigenvalue weighted by Gasteiger charge is 2.23. The van der Waals surface area contributed by atoms with Gasteiger partial charge in [-0.15, -0.1) is 0 Å². The highest BCUT2D eigenvalue weighted by atomic mass is 35.5. The van der Waals surface area contributed by atoms with Crippen LogP contribution in [0.3, 0.4) is 0 Å². The minimum atomic E-state index is 0.207. The van der Waals surface area contributed by atoms with E-state index in [1.165, 1.54) is 18.4 Å². The van der Waals surface area contributed by atoms with Crippen molar-refractivity contribution in [1.29, 1.82) is 0 Å². The number of hydrogen-bond acceptors (Lipinski definition) is 3. The lowest BCUT2D eigenvalue weighted by molar-refractivity contribution is 0.153. The van der Waals surface area contributed by atoms with Gasteiger partial charge in [-0.05, 0) is 77.1 Å². The maximum Gasteiger partial charge on any atom is 0.124 e. The molecular formula is C18H29ClN2O. The summed E-state index contributed by atoms with van der Waals surface area (Å²) in [5.74, 6) is 1.57. The van der Waals surface area contributed by atoms with Gasteiger partial charge in [-0.25, -0.2) is 0 Å². The van der Waals surface area contributed by atoms with E-state index in [4.69, 9.17) is 16.3 Å². The molecule has 1 saturated heterocycles. The second-order valence-electron chi connectivity index (χ2n) is 6.67. The molecule has 0 unspecified atom stereocenters. The van der Waals surface area contributed by atoms with Crippen LogP contribution in [0.1, 0.15) is 37.7 Å². The summed E-state index contributed by atoms with van der Waals surface area (Å²) < 4.78 is 6.33. The van der Waals surface area contributed by atoms with Gasteiger partial charge >= 0.3 is 0 Å². The Kier molecular flexibility index (Phi) is 6.54. The van der Waals surface area contributed by atoms with Gasteiger partial charge in [0.2, 0.25) is 0 Å². The summed E-state index contributed by atoms with van der Waals surface area (Å²) in [4.78, 5) is 4.57. The van der Waals surface area contributed by atoms with Crippen LogP contribution in [0.5, 0.6) is 5.75 Å². The van der Waals surface area contributed by atoms with E-state index in [9.17, 15) is 0 Å². The average molecular weight is 325 g/mol. The lowest BCUT2D eigenvalue weighted by Gasteiger charge is -2.31. The van der Waals surface area contributed by atoms with Crippen LogP contribution in [0.15, 0.2) is 18.2 Å². The summed E-state index contributed by atoms with van der Waals surface area (Å²) >= 11 is 6.21. The first kappa shape index (κ1) is 17.6. The number of ether oxygens (including phenoxy) is 1. The van der Waals surface area contributed by atoms with Crippen LogP contribution in [0, 0.1) is 0 Å². The Balaban J connectivity index is 2.16. The highest BCUT2D eigenvalue weighted by molar-refractivity contribution is 6.30. The quantitative estimate of drug-likeness (QED) is 0.790. The highest BCUT2D eigenvalue weighted by Crippen LogP contribution is 2.36. The molecule has 0 aliphatic carbocycles. The number of nitrogens with zero attached hydrogens (tertiary/aromatic N) is 2. The number of rotatable bonds is 6. The van der Waals surface area contributed by atoms with Gasteiger partial charge < -0.3 is 14.5 Å². The third kappa shape index (κ3) is 4.87. The largest absolute Gasteiger partial charge is 0.489 e. The smallest absolute Gasteiger partial charge is 0.124 e. The molecule has 0 bridgehead atoms. The predicted molar refractivity (Wildman–Crippen MR) is 94.2 cm³/mol. The Morgan fingerprint density at radius 1 is 1.32 bits per heavy atom. The van der Waals surface area contributed by atoms with Gasteiger partial charge in [0, 0.05) is 11.6 Å². The number of piperidine rings is 1. The van der Waals surface area contributed by atoms with Gasteiger partial charge in [-0.1, -0.05) is 24.6 Å². The van der Waals surface area contributed by atoms with Gasteiger partial charge in [0.15, 0.2) is 0 Å². The third-order valence-corrected chi connectivity index (χ3v) is 4.69. The second kappa shape index (κ2) is 8.19. The minimum absolute atomic E-state index is 0.207. The molecule has 1 aromatic rings. The van der Waals surface area contributed by atoms with E-state index in [1.54, 1.807) is 0 Å². The van der Waals surface area contributed by atoms with Crippen molar-refractivity contribution >= 4 is 11.6 Å². The average Bonchev–Trinajstić information content (AvgIpc) is 2.47. The predicted octanol–water partition coefficient (Wildman–Crippen LogP) is 3.87. The molecule has 0 saturated carbocycles. The summed E-state index contributed by atoms with van der Waals surface area (Å²) in [6, 6.07) is 6.15. The van der Waals surface area contributed by atoms with E-state index in [-0.39, 0.29) is 6.10 Å². The van der Waals surface area contributed by atoms with Gasteiger partial charge in [0.1, 0.15) is 11.9 Å². The van der Waals surface area contributed by atoms with Crippen molar-refractivity contribution in [2.24, 2.45) is 0 Å². The van der Waals surface area contributed by atoms with Gasteiger partial charge in [0.25, 0.3) is 0 Å². The Labute approximate surface area is 140 Å². The summed E-state index contributed by atoms with van der Waals surface area (Å²) in [6.45, 7) is 5.41. The zero-order valence-corrected chi connectivity index (χ0v) is 15.1. The van der Waals surface area contributed by atoms with Crippen LogP contribution in [-0.2, 0) is 0 Å². The number of likely N-dealkylation sites (tertiary alicyclic amines) is 1. The molecule has 3 nitrogen and oxygen atoms in total. The molecule has 0 aromatic heterocycles. The van der Waals surface area contributed by atoms with Crippen LogP contribution < -0.4 is 4.74 Å². The molecule has 0 amide bonds. The molecule has 22 heavy (non-hydrogen) atoms. The van der Waals surface area contributed by atoms with Crippen LogP contribution in [0.2, 0.25) is 5.02 Å². The SMILES string of the molecule is CC[C@@H](CN(C)C)Oc1cc(Cl)ccc1C1CCN(C)CC1. The van der Waals surface area contributed by atoms with E-state index in [2.05, 4.69) is 43.9 Å². The Morgan fingerprint density at radius 3 is 2.59 bits per heavy atom. The molecule has 1 aromatic carbocycles. The summed E-state index contributed by atoms with van der Waals surface area (Å²) in [5, 5.41) is 0.756. The maximum atomic E-state index is 6.33. The fraction of sp³-hybridized carbons (Fsp3) is 0.667. The fourth-order valence-electron chi connectivity index (χ4n) is 3.10. The molecule has 1 aliphatic rings. The molecule has 1 heterocycles. The van der Waals surface area contributed by atoms with Gasteiger partial charge in [0.05, 0.1) is 0 Å². The van der Waals surface area contributed by atoms with Crippen molar-refractivity contribution in [3.63, 3.8) is 0 Å². The number of benzene rings is 1. The Morgan fingerprint density at radius 2 is 2.00 bits per heavy atom. The van der Waals surface area contributed by atoms with Crippen molar-refractivity contribution in [2.45, 2.75) is 38.2 Å². The minimum Gasteiger partial charge on any atom is -0.489 e. The molecule has 0 N–H and O–H groups in total. The molecule has 1 atom stereocenters. The topological polar surface area (TPSA) is 15.7 Å². The van der Waals surface area contributed by atoms with Crippen molar-refractivity contribution in [3.05, 3.63) is 28.8 Å². The zero-order valence-electron chi connectivity index (χ0n) is 14.3. The monoisotopic (exact) mass is 324 g/mol. The van der Waals surface area contributed by atoms with Crippen molar-refractivity contribution in [3.8, 4) is 5.75 Å². The molecule has 1 aliphatic heterocycles. The van der Waals surface area contributed by atoms with Crippen molar-refractivity contribution in [2.75, 3.05) is 40.8 Å². The molecule has 4 heteroatoms. The summed E-state index contributed by atoms with van der Waals surface area (Å²) in [5.41, 5.74) is 1.33. The first-order chi connectivity index (χ1) is 10.5. The van der Waals surface area contributed by atoms with Gasteiger partial charge in [-0.2, -0.15) is 0 Å². The first-order valence-corrected chi connectivity index (χ1v) is 8.66. The molecule has 0 spiro atoms. The van der Waals surface area contributed by atoms with Crippen LogP contribution in [-0.4, -0.2) is 56.7 Å². The summed E-state index contributed by atoms with van der Waals surface area (Å²) in [6.07, 6.45) is 3.59. The van der Waals surface area contributed by atoms with E-state index >= 15 is 0 Å². The standard InChI is InChI=1S/C18H29ClN2O/c1-5-16(13-20(2)3)22-18-12-15(19)6-7-17(18)14-8-10-21(4)11-9-14/h6-7,12,14,16H,5,8-11,13H2,1-4H3/t16-/m0/s1. The lowest BCUT2D eigenvalue weighted by Crippen LogP contribution is -2.31. The van der Waals surface area contributed by atoms with Crippen LogP contribution in [0.4, 0.5) is 0 Å². The molecule has 124 valence electrons. The zero-order chi connectivity index (χ0) is 16.1. The second-order valence-corrected chi connectivity index (χ2v) is 7.11. The Bertz CT molecular complexity index is 470. The van der Waals surface area contributed by atoms with Gasteiger partial charge in [-0.3, -0.25) is 0 Å². The van der Waals surface area contributed by atoms with Crippen LogP contribution >= 0.6 is 11.6 Å². The normalized spacial score (nSPS) is 18.6. The van der Waals surface area contributed by atoms with E-state index in [0.29, 0.717) is 5.92 Å². The van der Waals surface area contributed by atoms with E-state index in [0.717, 1.165) is 36.8 Å². The molecule has 0 radical (unpaired) electrons. The van der Waals surface area contributed by atoms with Crippen molar-refractivity contribution < 1.29 is 4.74 Å². The number of halogens is 1. The Hall–Kier alpha value is -0.770. The number of hydrogen-bond donors (Lipinski definition) is 0. The molecule has 2 rings (SSSR count). The van der Waals surface area contributed by atoms with Crippen molar-refractivity contribution in [1.82, 2.24) is 9.80 Å². The van der Waals surface area contributed by atoms with E-state index < -0.39 is 0 Å². The lowest BCUT2D eigenvalue weighted by atomic mass is 9.89. The fourth-order valence-corrected chi connectivity index (χ4v) is 3.27. The molecule has 1 fully saturated rings. The third-order valence-electron chi connectivity index (χ3n) is 4.45. The maximum absolute atomic E-state index is 6.33.